The van der Waals surface area contributed by atoms with E-state index >= 15 is 0 Å². The lowest BCUT2D eigenvalue weighted by Crippen LogP contribution is -2.19. The molecule has 0 saturated heterocycles. The Hall–Kier alpha value is -1.84. The van der Waals surface area contributed by atoms with Gasteiger partial charge in [0, 0.05) is 0 Å². The summed E-state index contributed by atoms with van der Waals surface area (Å²) >= 11 is 0. The van der Waals surface area contributed by atoms with Crippen molar-refractivity contribution in [2.45, 2.75) is 19.3 Å². The maximum absolute atomic E-state index is 11.7. The van der Waals surface area contributed by atoms with Crippen LogP contribution in [-0.4, -0.2) is 26.2 Å². The lowest BCUT2D eigenvalue weighted by Gasteiger charge is -2.15. The number of carbonyl (C=O) groups excluding carboxylic acids is 2. The van der Waals surface area contributed by atoms with Crippen LogP contribution < -0.4 is 0 Å². The Morgan fingerprint density at radius 2 is 1.82 bits per heavy atom. The van der Waals surface area contributed by atoms with Gasteiger partial charge >= 0.3 is 11.9 Å². The number of hydrogen-bond donors (Lipinski definition) is 0. The molecule has 0 fully saturated rings. The third-order valence-corrected chi connectivity index (χ3v) is 2.65. The van der Waals surface area contributed by atoms with Crippen LogP contribution in [0.5, 0.6) is 0 Å². The van der Waals surface area contributed by atoms with Crippen molar-refractivity contribution in [2.24, 2.45) is 0 Å². The van der Waals surface area contributed by atoms with E-state index in [4.69, 9.17) is 4.74 Å². The van der Waals surface area contributed by atoms with Crippen LogP contribution in [0.4, 0.5) is 0 Å². The third kappa shape index (κ3) is 3.31. The summed E-state index contributed by atoms with van der Waals surface area (Å²) in [6.07, 6.45) is -0.00593. The molecule has 1 rings (SSSR count). The quantitative estimate of drug-likeness (QED) is 0.748. The normalized spacial score (nSPS) is 11.7. The van der Waals surface area contributed by atoms with Crippen LogP contribution >= 0.6 is 0 Å². The first kappa shape index (κ1) is 13.2. The smallest absolute Gasteiger partial charge is 0.313 e. The Morgan fingerprint density at radius 1 is 1.18 bits per heavy atom. The van der Waals surface area contributed by atoms with Crippen molar-refractivity contribution in [3.63, 3.8) is 0 Å². The van der Waals surface area contributed by atoms with Gasteiger partial charge in [0.05, 0.1) is 26.6 Å². The van der Waals surface area contributed by atoms with Crippen LogP contribution in [0, 0.1) is 6.92 Å². The van der Waals surface area contributed by atoms with Crippen molar-refractivity contribution in [3.05, 3.63) is 35.4 Å². The van der Waals surface area contributed by atoms with E-state index in [9.17, 15) is 9.59 Å². The van der Waals surface area contributed by atoms with Crippen LogP contribution in [0.25, 0.3) is 0 Å². The highest BCUT2D eigenvalue weighted by atomic mass is 16.5. The second kappa shape index (κ2) is 6.03. The zero-order chi connectivity index (χ0) is 12.8. The Balaban J connectivity index is 3.02. The SMILES string of the molecule is COC(=O)C[C@H](C(=O)OC)c1ccccc1C. The van der Waals surface area contributed by atoms with Crippen LogP contribution in [0.2, 0.25) is 0 Å². The van der Waals surface area contributed by atoms with Gasteiger partial charge in [0.1, 0.15) is 0 Å². The van der Waals surface area contributed by atoms with Crippen LogP contribution in [0.1, 0.15) is 23.5 Å². The zero-order valence-electron chi connectivity index (χ0n) is 10.2. The summed E-state index contributed by atoms with van der Waals surface area (Å²) in [6.45, 7) is 1.89. The van der Waals surface area contributed by atoms with E-state index in [1.54, 1.807) is 0 Å². The third-order valence-electron chi connectivity index (χ3n) is 2.65. The predicted octanol–water partition coefficient (Wildman–Crippen LogP) is 1.81. The first-order valence-corrected chi connectivity index (χ1v) is 5.30. The Kier molecular flexibility index (Phi) is 4.69. The van der Waals surface area contributed by atoms with E-state index in [1.807, 2.05) is 31.2 Å². The minimum absolute atomic E-state index is 0.00593. The molecule has 4 nitrogen and oxygen atoms in total. The summed E-state index contributed by atoms with van der Waals surface area (Å²) in [5, 5.41) is 0. The number of ether oxygens (including phenoxy) is 2. The summed E-state index contributed by atoms with van der Waals surface area (Å²) in [5.41, 5.74) is 1.75. The summed E-state index contributed by atoms with van der Waals surface area (Å²) in [5.74, 6) is -1.46. The lowest BCUT2D eigenvalue weighted by atomic mass is 9.92. The average molecular weight is 236 g/mol. The molecule has 0 aliphatic carbocycles. The minimum atomic E-state index is -0.603. The second-order valence-electron chi connectivity index (χ2n) is 3.71. The molecule has 0 unspecified atom stereocenters. The molecule has 0 N–H and O–H groups in total. The van der Waals surface area contributed by atoms with E-state index in [0.29, 0.717) is 0 Å². The fourth-order valence-electron chi connectivity index (χ4n) is 1.69. The van der Waals surface area contributed by atoms with Gasteiger partial charge in [0.2, 0.25) is 0 Å². The summed E-state index contributed by atoms with van der Waals surface area (Å²) in [7, 11) is 2.61. The first-order chi connectivity index (χ1) is 8.10. The molecule has 0 aliphatic rings. The van der Waals surface area contributed by atoms with E-state index in [0.717, 1.165) is 11.1 Å². The van der Waals surface area contributed by atoms with Crippen LogP contribution in [0.15, 0.2) is 24.3 Å². The molecule has 1 atom stereocenters. The maximum atomic E-state index is 11.7. The molecular weight excluding hydrogens is 220 g/mol. The zero-order valence-corrected chi connectivity index (χ0v) is 10.2. The highest BCUT2D eigenvalue weighted by Gasteiger charge is 2.26. The van der Waals surface area contributed by atoms with Gasteiger partial charge in [0.25, 0.3) is 0 Å². The molecule has 0 radical (unpaired) electrons. The largest absolute Gasteiger partial charge is 0.469 e. The molecule has 1 aromatic rings. The van der Waals surface area contributed by atoms with Gasteiger partial charge < -0.3 is 9.47 Å². The number of aryl methyl sites for hydroxylation is 1. The number of methoxy groups -OCH3 is 2. The van der Waals surface area contributed by atoms with Crippen molar-refractivity contribution in [1.82, 2.24) is 0 Å². The monoisotopic (exact) mass is 236 g/mol. The molecule has 0 saturated carbocycles. The van der Waals surface area contributed by atoms with E-state index in [-0.39, 0.29) is 6.42 Å². The van der Waals surface area contributed by atoms with Gasteiger partial charge in [-0.1, -0.05) is 24.3 Å². The number of benzene rings is 1. The Morgan fingerprint density at radius 3 is 2.35 bits per heavy atom. The fraction of sp³-hybridized carbons (Fsp3) is 0.385. The van der Waals surface area contributed by atoms with Gasteiger partial charge in [-0.25, -0.2) is 0 Å². The molecule has 92 valence electrons. The molecule has 0 spiro atoms. The fourth-order valence-corrected chi connectivity index (χ4v) is 1.69. The molecule has 4 heteroatoms. The Bertz CT molecular complexity index is 412. The average Bonchev–Trinajstić information content (AvgIpc) is 2.35. The first-order valence-electron chi connectivity index (χ1n) is 5.30. The molecular formula is C13H16O4. The Labute approximate surface area is 101 Å². The van der Waals surface area contributed by atoms with Gasteiger partial charge in [-0.2, -0.15) is 0 Å². The van der Waals surface area contributed by atoms with Gasteiger partial charge in [-0.15, -0.1) is 0 Å². The van der Waals surface area contributed by atoms with Crippen molar-refractivity contribution in [3.8, 4) is 0 Å². The topological polar surface area (TPSA) is 52.6 Å². The summed E-state index contributed by atoms with van der Waals surface area (Å²) < 4.78 is 9.31. The summed E-state index contributed by atoms with van der Waals surface area (Å²) in [6, 6.07) is 7.42. The van der Waals surface area contributed by atoms with E-state index in [2.05, 4.69) is 4.74 Å². The predicted molar refractivity (Wildman–Crippen MR) is 62.6 cm³/mol. The van der Waals surface area contributed by atoms with Gasteiger partial charge in [-0.05, 0) is 18.1 Å². The summed E-state index contributed by atoms with van der Waals surface area (Å²) in [4.78, 5) is 23.0. The molecule has 0 heterocycles. The molecule has 17 heavy (non-hydrogen) atoms. The standard InChI is InChI=1S/C13H16O4/c1-9-6-4-5-7-10(9)11(13(15)17-3)8-12(14)16-2/h4-7,11H,8H2,1-3H3/t11-/m0/s1. The lowest BCUT2D eigenvalue weighted by molar-refractivity contribution is -0.149. The molecule has 0 aromatic heterocycles. The highest BCUT2D eigenvalue weighted by Crippen LogP contribution is 2.24. The van der Waals surface area contributed by atoms with Gasteiger partial charge in [0.15, 0.2) is 0 Å². The van der Waals surface area contributed by atoms with Crippen molar-refractivity contribution >= 4 is 11.9 Å². The van der Waals surface area contributed by atoms with Crippen molar-refractivity contribution < 1.29 is 19.1 Å². The van der Waals surface area contributed by atoms with Crippen molar-refractivity contribution in [1.29, 1.82) is 0 Å². The number of carbonyl (C=O) groups is 2. The minimum Gasteiger partial charge on any atom is -0.469 e. The highest BCUT2D eigenvalue weighted by molar-refractivity contribution is 5.84. The van der Waals surface area contributed by atoms with Gasteiger partial charge in [-0.3, -0.25) is 9.59 Å². The second-order valence-corrected chi connectivity index (χ2v) is 3.71. The molecule has 0 bridgehead atoms. The van der Waals surface area contributed by atoms with Crippen molar-refractivity contribution in [2.75, 3.05) is 14.2 Å². The number of hydrogen-bond acceptors (Lipinski definition) is 4. The number of esters is 2. The number of rotatable bonds is 4. The molecule has 0 aliphatic heterocycles. The van der Waals surface area contributed by atoms with Crippen LogP contribution in [0.3, 0.4) is 0 Å². The van der Waals surface area contributed by atoms with Crippen LogP contribution in [-0.2, 0) is 19.1 Å². The van der Waals surface area contributed by atoms with E-state index in [1.165, 1.54) is 14.2 Å². The molecule has 1 aromatic carbocycles. The van der Waals surface area contributed by atoms with E-state index < -0.39 is 17.9 Å². The molecule has 0 amide bonds. The maximum Gasteiger partial charge on any atom is 0.313 e.